The van der Waals surface area contributed by atoms with Crippen LogP contribution in [0.15, 0.2) is 53.4 Å². The lowest BCUT2D eigenvalue weighted by atomic mass is 10.1. The van der Waals surface area contributed by atoms with Crippen molar-refractivity contribution in [1.82, 2.24) is 4.72 Å². The maximum absolute atomic E-state index is 13.1. The molecule has 0 fully saturated rings. The number of hydrogen-bond acceptors (Lipinski definition) is 6. The Morgan fingerprint density at radius 2 is 1.78 bits per heavy atom. The van der Waals surface area contributed by atoms with Crippen molar-refractivity contribution in [1.29, 1.82) is 0 Å². The second-order valence-electron chi connectivity index (χ2n) is 8.19. The van der Waals surface area contributed by atoms with Gasteiger partial charge in [0.2, 0.25) is 20.0 Å². The first-order valence-electron chi connectivity index (χ1n) is 10.3. The summed E-state index contributed by atoms with van der Waals surface area (Å²) >= 11 is 0. The Bertz CT molecular complexity index is 1180. The Morgan fingerprint density at radius 1 is 1.09 bits per heavy atom. The van der Waals surface area contributed by atoms with Crippen molar-refractivity contribution in [3.8, 4) is 0 Å². The summed E-state index contributed by atoms with van der Waals surface area (Å²) in [6.45, 7) is 4.47. The fraction of sp³-hybridized carbons (Fsp3) is 0.409. The molecular weight excluding hydrogens is 452 g/mol. The Kier molecular flexibility index (Phi) is 7.26. The van der Waals surface area contributed by atoms with E-state index >= 15 is 0 Å². The van der Waals surface area contributed by atoms with E-state index in [2.05, 4.69) is 4.72 Å². The molecular formula is C22H28N2O6S2. The third-order valence-corrected chi connectivity index (χ3v) is 7.80. The van der Waals surface area contributed by atoms with Crippen LogP contribution in [0.4, 0.5) is 5.69 Å². The fourth-order valence-corrected chi connectivity index (χ4v) is 5.64. The van der Waals surface area contributed by atoms with Crippen LogP contribution in [0.3, 0.4) is 0 Å². The quantitative estimate of drug-likeness (QED) is 0.553. The third kappa shape index (κ3) is 5.67. The van der Waals surface area contributed by atoms with E-state index in [1.165, 1.54) is 22.5 Å². The molecule has 2 aromatic carbocycles. The van der Waals surface area contributed by atoms with E-state index in [4.69, 9.17) is 4.74 Å². The van der Waals surface area contributed by atoms with Gasteiger partial charge in [0, 0.05) is 6.54 Å². The maximum Gasteiger partial charge on any atom is 0.328 e. The molecule has 1 aliphatic heterocycles. The Morgan fingerprint density at radius 3 is 2.41 bits per heavy atom. The summed E-state index contributed by atoms with van der Waals surface area (Å²) in [7, 11) is -7.53. The number of fused-ring (bicyclic) bond motifs is 1. The highest BCUT2D eigenvalue weighted by atomic mass is 32.2. The molecule has 10 heteroatoms. The van der Waals surface area contributed by atoms with Gasteiger partial charge >= 0.3 is 5.97 Å². The van der Waals surface area contributed by atoms with Crippen LogP contribution in [0.2, 0.25) is 0 Å². The minimum absolute atomic E-state index is 0.0393. The molecule has 32 heavy (non-hydrogen) atoms. The first kappa shape index (κ1) is 24.2. The van der Waals surface area contributed by atoms with Gasteiger partial charge in [0.1, 0.15) is 6.04 Å². The highest BCUT2D eigenvalue weighted by molar-refractivity contribution is 7.92. The van der Waals surface area contributed by atoms with Crippen molar-refractivity contribution in [2.45, 2.75) is 37.6 Å². The smallest absolute Gasteiger partial charge is 0.328 e. The third-order valence-electron chi connectivity index (χ3n) is 5.20. The first-order valence-corrected chi connectivity index (χ1v) is 13.7. The average Bonchev–Trinajstić information content (AvgIpc) is 3.16. The number of anilines is 1. The van der Waals surface area contributed by atoms with Crippen LogP contribution in [0.25, 0.3) is 0 Å². The average molecular weight is 481 g/mol. The lowest BCUT2D eigenvalue weighted by molar-refractivity contribution is -0.146. The predicted octanol–water partition coefficient (Wildman–Crippen LogP) is 2.62. The van der Waals surface area contributed by atoms with E-state index in [1.54, 1.807) is 30.3 Å². The summed E-state index contributed by atoms with van der Waals surface area (Å²) in [5.74, 6) is -0.336. The number of esters is 1. The van der Waals surface area contributed by atoms with E-state index in [-0.39, 0.29) is 18.0 Å². The van der Waals surface area contributed by atoms with Crippen molar-refractivity contribution in [2.24, 2.45) is 5.92 Å². The number of carbonyl (C=O) groups excluding carboxylic acids is 1. The molecule has 0 radical (unpaired) electrons. The summed E-state index contributed by atoms with van der Waals surface area (Å²) in [5, 5.41) is 0. The van der Waals surface area contributed by atoms with Crippen molar-refractivity contribution in [3.05, 3.63) is 59.7 Å². The number of rotatable bonds is 9. The Hall–Kier alpha value is -2.43. The molecule has 3 rings (SSSR count). The molecule has 0 bridgehead atoms. The van der Waals surface area contributed by atoms with Gasteiger partial charge in [0.05, 0.1) is 23.4 Å². The Labute approximate surface area is 189 Å². The second-order valence-corrected chi connectivity index (χ2v) is 11.8. The van der Waals surface area contributed by atoms with Gasteiger partial charge < -0.3 is 4.74 Å². The van der Waals surface area contributed by atoms with Gasteiger partial charge in [-0.2, -0.15) is 4.72 Å². The van der Waals surface area contributed by atoms with E-state index < -0.39 is 32.1 Å². The molecule has 0 spiro atoms. The zero-order valence-electron chi connectivity index (χ0n) is 18.3. The number of carbonyl (C=O) groups is 1. The molecule has 8 nitrogen and oxygen atoms in total. The van der Waals surface area contributed by atoms with Crippen LogP contribution in [-0.2, 0) is 36.0 Å². The standard InChI is InChI=1S/C22H28N2O6S2/c1-16(2)12-14-30-22(25)21(17-7-5-4-6-8-17)23-32(28,29)19-9-10-20-18(15-19)11-13-24(20)31(3,26)27/h4-10,15-16,21,23H,11-14H2,1-3H3/t21-/m0/s1. The lowest BCUT2D eigenvalue weighted by Gasteiger charge is -2.19. The number of benzene rings is 2. The summed E-state index contributed by atoms with van der Waals surface area (Å²) < 4.78 is 59.2. The van der Waals surface area contributed by atoms with Crippen molar-refractivity contribution >= 4 is 31.7 Å². The van der Waals surface area contributed by atoms with Crippen LogP contribution >= 0.6 is 0 Å². The first-order chi connectivity index (χ1) is 15.0. The van der Waals surface area contributed by atoms with Gasteiger partial charge in [-0.3, -0.25) is 4.31 Å². The monoisotopic (exact) mass is 480 g/mol. The molecule has 0 aromatic heterocycles. The summed E-state index contributed by atoms with van der Waals surface area (Å²) in [5.41, 5.74) is 1.56. The number of nitrogens with one attached hydrogen (secondary N) is 1. The van der Waals surface area contributed by atoms with Crippen LogP contribution < -0.4 is 9.03 Å². The van der Waals surface area contributed by atoms with Gasteiger partial charge in [-0.1, -0.05) is 44.2 Å². The highest BCUT2D eigenvalue weighted by Crippen LogP contribution is 2.32. The molecule has 0 aliphatic carbocycles. The van der Waals surface area contributed by atoms with Crippen LogP contribution in [0.5, 0.6) is 0 Å². The second kappa shape index (κ2) is 9.60. The minimum Gasteiger partial charge on any atom is -0.464 e. The molecule has 1 aliphatic rings. The lowest BCUT2D eigenvalue weighted by Crippen LogP contribution is -2.35. The molecule has 0 saturated carbocycles. The van der Waals surface area contributed by atoms with E-state index in [1.807, 2.05) is 13.8 Å². The highest BCUT2D eigenvalue weighted by Gasteiger charge is 2.31. The van der Waals surface area contributed by atoms with Crippen LogP contribution in [-0.4, -0.2) is 42.2 Å². The summed E-state index contributed by atoms with van der Waals surface area (Å²) in [6, 6.07) is 11.6. The molecule has 1 N–H and O–H groups in total. The van der Waals surface area contributed by atoms with Crippen LogP contribution in [0, 0.1) is 5.92 Å². The molecule has 174 valence electrons. The van der Waals surface area contributed by atoms with Gasteiger partial charge in [-0.25, -0.2) is 21.6 Å². The number of sulfonamides is 2. The van der Waals surface area contributed by atoms with E-state index in [0.717, 1.165) is 6.26 Å². The number of nitrogens with zero attached hydrogens (tertiary/aromatic N) is 1. The van der Waals surface area contributed by atoms with Crippen molar-refractivity contribution in [2.75, 3.05) is 23.7 Å². The van der Waals surface area contributed by atoms with Gasteiger partial charge in [-0.05, 0) is 48.1 Å². The summed E-state index contributed by atoms with van der Waals surface area (Å²) in [4.78, 5) is 12.7. The topological polar surface area (TPSA) is 110 Å². The van der Waals surface area contributed by atoms with Crippen molar-refractivity contribution < 1.29 is 26.4 Å². The van der Waals surface area contributed by atoms with E-state index in [0.29, 0.717) is 35.6 Å². The molecule has 1 atom stereocenters. The minimum atomic E-state index is -4.09. The number of ether oxygens (including phenoxy) is 1. The van der Waals surface area contributed by atoms with Gasteiger partial charge in [0.25, 0.3) is 0 Å². The van der Waals surface area contributed by atoms with Gasteiger partial charge in [-0.15, -0.1) is 0 Å². The maximum atomic E-state index is 13.1. The SMILES string of the molecule is CC(C)CCOC(=O)[C@@H](NS(=O)(=O)c1ccc2c(c1)CCN2S(C)(=O)=O)c1ccccc1. The molecule has 2 aromatic rings. The zero-order chi connectivity index (χ0) is 23.5. The molecule has 0 unspecified atom stereocenters. The predicted molar refractivity (Wildman–Crippen MR) is 122 cm³/mol. The fourth-order valence-electron chi connectivity index (χ4n) is 3.46. The van der Waals surface area contributed by atoms with Crippen molar-refractivity contribution in [3.63, 3.8) is 0 Å². The normalized spacial score (nSPS) is 14.9. The van der Waals surface area contributed by atoms with E-state index in [9.17, 15) is 21.6 Å². The number of hydrogen-bond donors (Lipinski definition) is 1. The summed E-state index contributed by atoms with van der Waals surface area (Å²) in [6.07, 6.45) is 2.19. The molecule has 0 amide bonds. The van der Waals surface area contributed by atoms with Gasteiger partial charge in [0.15, 0.2) is 0 Å². The van der Waals surface area contributed by atoms with Crippen LogP contribution in [0.1, 0.15) is 37.4 Å². The molecule has 1 heterocycles. The largest absolute Gasteiger partial charge is 0.464 e. The zero-order valence-corrected chi connectivity index (χ0v) is 19.9. The Balaban J connectivity index is 1.87. The molecule has 0 saturated heterocycles.